The van der Waals surface area contributed by atoms with E-state index in [1.807, 2.05) is 31.2 Å². The van der Waals surface area contributed by atoms with Crippen molar-refractivity contribution in [3.05, 3.63) is 36.0 Å². The van der Waals surface area contributed by atoms with Crippen molar-refractivity contribution in [2.24, 2.45) is 11.8 Å². The van der Waals surface area contributed by atoms with Gasteiger partial charge in [0.05, 0.1) is 12.8 Å². The molecule has 0 aliphatic carbocycles. The zero-order valence-electron chi connectivity index (χ0n) is 17.6. The molecule has 29 heavy (non-hydrogen) atoms. The SMILES string of the molecule is COc1ccccc1-c1cc(C(=O)N2CCC(C(=O)NC(C)C(C)C)CC2)[nH]n1. The predicted molar refractivity (Wildman–Crippen MR) is 112 cm³/mol. The molecule has 0 saturated carbocycles. The van der Waals surface area contributed by atoms with Crippen molar-refractivity contribution in [2.75, 3.05) is 20.2 Å². The summed E-state index contributed by atoms with van der Waals surface area (Å²) >= 11 is 0. The van der Waals surface area contributed by atoms with Gasteiger partial charge >= 0.3 is 0 Å². The first kappa shape index (κ1) is 20.9. The van der Waals surface area contributed by atoms with E-state index in [1.54, 1.807) is 18.1 Å². The van der Waals surface area contributed by atoms with E-state index < -0.39 is 0 Å². The number of piperidine rings is 1. The summed E-state index contributed by atoms with van der Waals surface area (Å²) < 4.78 is 5.37. The topological polar surface area (TPSA) is 87.3 Å². The summed E-state index contributed by atoms with van der Waals surface area (Å²) in [7, 11) is 1.61. The van der Waals surface area contributed by atoms with Crippen LogP contribution in [-0.4, -0.2) is 53.2 Å². The molecule has 1 aromatic carbocycles. The lowest BCUT2D eigenvalue weighted by Crippen LogP contribution is -2.45. The van der Waals surface area contributed by atoms with E-state index in [1.165, 1.54) is 0 Å². The molecular weight excluding hydrogens is 368 g/mol. The highest BCUT2D eigenvalue weighted by molar-refractivity contribution is 5.93. The molecule has 3 rings (SSSR count). The molecule has 0 radical (unpaired) electrons. The number of methoxy groups -OCH3 is 1. The summed E-state index contributed by atoms with van der Waals surface area (Å²) in [6.07, 6.45) is 1.35. The molecule has 1 unspecified atom stereocenters. The monoisotopic (exact) mass is 398 g/mol. The van der Waals surface area contributed by atoms with Gasteiger partial charge < -0.3 is 15.0 Å². The average molecular weight is 399 g/mol. The zero-order valence-corrected chi connectivity index (χ0v) is 17.6. The van der Waals surface area contributed by atoms with Crippen LogP contribution in [-0.2, 0) is 4.79 Å². The Hall–Kier alpha value is -2.83. The number of H-pyrrole nitrogens is 1. The number of aromatic nitrogens is 2. The number of hydrogen-bond acceptors (Lipinski definition) is 4. The van der Waals surface area contributed by atoms with Gasteiger partial charge in [-0.2, -0.15) is 5.10 Å². The van der Waals surface area contributed by atoms with E-state index in [0.717, 1.165) is 5.56 Å². The third-order valence-electron chi connectivity index (χ3n) is 5.71. The lowest BCUT2D eigenvalue weighted by Gasteiger charge is -2.32. The van der Waals surface area contributed by atoms with Crippen LogP contribution in [0.15, 0.2) is 30.3 Å². The molecule has 2 N–H and O–H groups in total. The van der Waals surface area contributed by atoms with Crippen LogP contribution in [0.4, 0.5) is 0 Å². The van der Waals surface area contributed by atoms with Gasteiger partial charge in [0.25, 0.3) is 5.91 Å². The van der Waals surface area contributed by atoms with Gasteiger partial charge in [0.1, 0.15) is 11.4 Å². The van der Waals surface area contributed by atoms with Crippen molar-refractivity contribution in [1.82, 2.24) is 20.4 Å². The molecule has 7 heteroatoms. The summed E-state index contributed by atoms with van der Waals surface area (Å²) in [5.41, 5.74) is 1.95. The van der Waals surface area contributed by atoms with Gasteiger partial charge in [-0.05, 0) is 43.9 Å². The van der Waals surface area contributed by atoms with Crippen LogP contribution in [0.5, 0.6) is 5.75 Å². The Morgan fingerprint density at radius 1 is 1.21 bits per heavy atom. The van der Waals surface area contributed by atoms with Crippen molar-refractivity contribution in [3.63, 3.8) is 0 Å². The number of benzene rings is 1. The predicted octanol–water partition coefficient (Wildman–Crippen LogP) is 3.10. The van der Waals surface area contributed by atoms with E-state index in [9.17, 15) is 9.59 Å². The molecule has 1 aliphatic heterocycles. The van der Waals surface area contributed by atoms with Crippen LogP contribution in [0.3, 0.4) is 0 Å². The minimum Gasteiger partial charge on any atom is -0.496 e. The van der Waals surface area contributed by atoms with Crippen LogP contribution in [0.25, 0.3) is 11.3 Å². The number of nitrogens with one attached hydrogen (secondary N) is 2. The molecular formula is C22H30N4O3. The van der Waals surface area contributed by atoms with Crippen molar-refractivity contribution in [3.8, 4) is 17.0 Å². The highest BCUT2D eigenvalue weighted by Crippen LogP contribution is 2.29. The normalized spacial score (nSPS) is 16.0. The smallest absolute Gasteiger partial charge is 0.271 e. The summed E-state index contributed by atoms with van der Waals surface area (Å²) in [4.78, 5) is 27.1. The molecule has 1 aromatic heterocycles. The summed E-state index contributed by atoms with van der Waals surface area (Å²) in [5, 5.41) is 10.2. The fraction of sp³-hybridized carbons (Fsp3) is 0.500. The lowest BCUT2D eigenvalue weighted by atomic mass is 9.94. The molecule has 7 nitrogen and oxygen atoms in total. The largest absolute Gasteiger partial charge is 0.496 e. The Morgan fingerprint density at radius 2 is 1.90 bits per heavy atom. The average Bonchev–Trinajstić information content (AvgIpc) is 3.23. The molecule has 1 atom stereocenters. The van der Waals surface area contributed by atoms with Gasteiger partial charge in [0.2, 0.25) is 5.91 Å². The molecule has 2 heterocycles. The fourth-order valence-electron chi connectivity index (χ4n) is 3.45. The molecule has 1 aliphatic rings. The lowest BCUT2D eigenvalue weighted by molar-refractivity contribution is -0.127. The number of nitrogens with zero attached hydrogens (tertiary/aromatic N) is 2. The van der Waals surface area contributed by atoms with Crippen LogP contribution >= 0.6 is 0 Å². The minimum atomic E-state index is -0.0898. The van der Waals surface area contributed by atoms with Crippen LogP contribution in [0.2, 0.25) is 0 Å². The molecule has 1 fully saturated rings. The summed E-state index contributed by atoms with van der Waals surface area (Å²) in [5.74, 6) is 1.08. The number of hydrogen-bond donors (Lipinski definition) is 2. The number of aromatic amines is 1. The van der Waals surface area contributed by atoms with E-state index in [0.29, 0.717) is 49.0 Å². The molecule has 0 bridgehead atoms. The van der Waals surface area contributed by atoms with Crippen LogP contribution < -0.4 is 10.1 Å². The number of rotatable bonds is 6. The summed E-state index contributed by atoms with van der Waals surface area (Å²) in [6, 6.07) is 9.48. The van der Waals surface area contributed by atoms with E-state index in [-0.39, 0.29) is 23.8 Å². The first-order valence-corrected chi connectivity index (χ1v) is 10.2. The van der Waals surface area contributed by atoms with Crippen molar-refractivity contribution in [2.45, 2.75) is 39.7 Å². The second-order valence-electron chi connectivity index (χ2n) is 7.97. The highest BCUT2D eigenvalue weighted by atomic mass is 16.5. The standard InChI is InChI=1S/C22H30N4O3/c1-14(2)15(3)23-21(27)16-9-11-26(12-10-16)22(28)19-13-18(24-25-19)17-7-5-6-8-20(17)29-4/h5-8,13-16H,9-12H2,1-4H3,(H,23,27)(H,24,25). The quantitative estimate of drug-likeness (QED) is 0.783. The Bertz CT molecular complexity index is 853. The van der Waals surface area contributed by atoms with Gasteiger partial charge in [-0.25, -0.2) is 0 Å². The Morgan fingerprint density at radius 3 is 2.55 bits per heavy atom. The van der Waals surface area contributed by atoms with Crippen molar-refractivity contribution < 1.29 is 14.3 Å². The third-order valence-corrected chi connectivity index (χ3v) is 5.71. The Kier molecular flexibility index (Phi) is 6.56. The summed E-state index contributed by atoms with van der Waals surface area (Å²) in [6.45, 7) is 7.34. The number of para-hydroxylation sites is 1. The van der Waals surface area contributed by atoms with Crippen molar-refractivity contribution in [1.29, 1.82) is 0 Å². The fourth-order valence-corrected chi connectivity index (χ4v) is 3.45. The van der Waals surface area contributed by atoms with E-state index >= 15 is 0 Å². The number of carbonyl (C=O) groups excluding carboxylic acids is 2. The van der Waals surface area contributed by atoms with Gasteiger partial charge in [-0.3, -0.25) is 14.7 Å². The van der Waals surface area contributed by atoms with Gasteiger partial charge in [-0.1, -0.05) is 26.0 Å². The third kappa shape index (κ3) is 4.78. The maximum atomic E-state index is 12.9. The maximum absolute atomic E-state index is 12.9. The van der Waals surface area contributed by atoms with E-state index in [4.69, 9.17) is 4.74 Å². The number of ether oxygens (including phenoxy) is 1. The number of carbonyl (C=O) groups is 2. The second kappa shape index (κ2) is 9.11. The van der Waals surface area contributed by atoms with Gasteiger partial charge in [-0.15, -0.1) is 0 Å². The number of likely N-dealkylation sites (tertiary alicyclic amines) is 1. The molecule has 156 valence electrons. The first-order valence-electron chi connectivity index (χ1n) is 10.2. The van der Waals surface area contributed by atoms with Gasteiger partial charge in [0, 0.05) is 30.6 Å². The highest BCUT2D eigenvalue weighted by Gasteiger charge is 2.29. The molecule has 1 saturated heterocycles. The van der Waals surface area contributed by atoms with Gasteiger partial charge in [0.15, 0.2) is 0 Å². The minimum absolute atomic E-state index is 0.0360. The van der Waals surface area contributed by atoms with E-state index in [2.05, 4.69) is 29.4 Å². The first-order chi connectivity index (χ1) is 13.9. The second-order valence-corrected chi connectivity index (χ2v) is 7.97. The van der Waals surface area contributed by atoms with Crippen LogP contribution in [0, 0.1) is 11.8 Å². The Labute approximate surface area is 171 Å². The number of amides is 2. The maximum Gasteiger partial charge on any atom is 0.271 e. The molecule has 0 spiro atoms. The van der Waals surface area contributed by atoms with Crippen molar-refractivity contribution >= 4 is 11.8 Å². The zero-order chi connectivity index (χ0) is 21.0. The van der Waals surface area contributed by atoms with Crippen LogP contribution in [0.1, 0.15) is 44.1 Å². The molecule has 2 aromatic rings. The molecule has 2 amide bonds. The Balaban J connectivity index is 1.60.